The molecule has 2 aromatic carbocycles. The number of hydrogen-bond donors (Lipinski definition) is 0. The van der Waals surface area contributed by atoms with E-state index in [9.17, 15) is 4.21 Å². The Hall–Kier alpha value is -1.69. The Balaban J connectivity index is 2.15. The Morgan fingerprint density at radius 2 is 1.35 bits per heavy atom. The predicted octanol–water partition coefficient (Wildman–Crippen LogP) is 3.93. The van der Waals surface area contributed by atoms with Crippen molar-refractivity contribution in [2.75, 3.05) is 20.3 Å². The van der Waals surface area contributed by atoms with Crippen LogP contribution in [-0.2, 0) is 20.3 Å². The maximum absolute atomic E-state index is 12.6. The normalized spacial score (nSPS) is 12.3. The van der Waals surface area contributed by atoms with Crippen LogP contribution in [0.4, 0.5) is 0 Å². The monoisotopic (exact) mass is 334 g/mol. The summed E-state index contributed by atoms with van der Waals surface area (Å²) in [6.45, 7) is 5.01. The van der Waals surface area contributed by atoms with Gasteiger partial charge < -0.3 is 14.2 Å². The lowest BCUT2D eigenvalue weighted by atomic mass is 10.2. The second-order valence-corrected chi connectivity index (χ2v) is 6.24. The van der Waals surface area contributed by atoms with E-state index in [1.165, 1.54) is 0 Å². The molecule has 1 atom stereocenters. The summed E-state index contributed by atoms with van der Waals surface area (Å²) >= 11 is 0. The third-order valence-electron chi connectivity index (χ3n) is 3.28. The predicted molar refractivity (Wildman–Crippen MR) is 90.1 cm³/mol. The highest BCUT2D eigenvalue weighted by Crippen LogP contribution is 2.23. The molecule has 0 amide bonds. The molecule has 0 radical (unpaired) electrons. The van der Waals surface area contributed by atoms with Crippen LogP contribution in [0.5, 0.6) is 5.75 Å². The van der Waals surface area contributed by atoms with E-state index in [0.717, 1.165) is 21.1 Å². The molecule has 124 valence electrons. The van der Waals surface area contributed by atoms with Crippen LogP contribution >= 0.6 is 0 Å². The van der Waals surface area contributed by atoms with Crippen LogP contribution < -0.4 is 4.74 Å². The van der Waals surface area contributed by atoms with Crippen LogP contribution in [0, 0.1) is 0 Å². The molecule has 0 heterocycles. The number of hydrogen-bond acceptors (Lipinski definition) is 4. The second kappa shape index (κ2) is 8.82. The lowest BCUT2D eigenvalue weighted by Gasteiger charge is -2.17. The molecule has 0 aliphatic heterocycles. The molecule has 2 rings (SSSR count). The summed E-state index contributed by atoms with van der Waals surface area (Å²) in [5.41, 5.74) is 0.921. The quantitative estimate of drug-likeness (QED) is 0.686. The van der Waals surface area contributed by atoms with Crippen LogP contribution in [0.1, 0.15) is 25.7 Å². The van der Waals surface area contributed by atoms with E-state index in [1.54, 1.807) is 7.11 Å². The third-order valence-corrected chi connectivity index (χ3v) is 4.68. The summed E-state index contributed by atoms with van der Waals surface area (Å²) in [4.78, 5) is 1.48. The minimum atomic E-state index is -1.22. The molecule has 0 spiro atoms. The van der Waals surface area contributed by atoms with Crippen molar-refractivity contribution in [1.82, 2.24) is 0 Å². The average molecular weight is 334 g/mol. The van der Waals surface area contributed by atoms with Gasteiger partial charge in [0.1, 0.15) is 5.75 Å². The van der Waals surface area contributed by atoms with Gasteiger partial charge in [0, 0.05) is 28.6 Å². The van der Waals surface area contributed by atoms with Gasteiger partial charge in [0.15, 0.2) is 6.29 Å². The van der Waals surface area contributed by atoms with Gasteiger partial charge in [-0.25, -0.2) is 4.21 Å². The number of benzene rings is 2. The molecule has 0 saturated carbocycles. The molecule has 23 heavy (non-hydrogen) atoms. The Morgan fingerprint density at radius 3 is 1.78 bits per heavy atom. The van der Waals surface area contributed by atoms with Crippen LogP contribution in [-0.4, -0.2) is 24.5 Å². The van der Waals surface area contributed by atoms with Gasteiger partial charge in [-0.2, -0.15) is 0 Å². The first-order chi connectivity index (χ1) is 11.2. The number of methoxy groups -OCH3 is 1. The molecule has 0 fully saturated rings. The van der Waals surface area contributed by atoms with Gasteiger partial charge >= 0.3 is 0 Å². The molecule has 0 N–H and O–H groups in total. The van der Waals surface area contributed by atoms with Crippen molar-refractivity contribution in [3.8, 4) is 5.75 Å². The highest BCUT2D eigenvalue weighted by Gasteiger charge is 2.13. The summed E-state index contributed by atoms with van der Waals surface area (Å²) in [5, 5.41) is 0. The molecule has 0 aliphatic rings. The van der Waals surface area contributed by atoms with Gasteiger partial charge in [-0.1, -0.05) is 12.1 Å². The minimum Gasteiger partial charge on any atom is -0.497 e. The molecule has 0 aromatic heterocycles. The highest BCUT2D eigenvalue weighted by molar-refractivity contribution is 7.85. The molecular formula is C18H22O4S. The van der Waals surface area contributed by atoms with E-state index >= 15 is 0 Å². The highest BCUT2D eigenvalue weighted by atomic mass is 32.2. The Labute approximate surface area is 139 Å². The van der Waals surface area contributed by atoms with Crippen molar-refractivity contribution in [2.45, 2.75) is 29.9 Å². The lowest BCUT2D eigenvalue weighted by Crippen LogP contribution is -2.08. The van der Waals surface area contributed by atoms with E-state index in [4.69, 9.17) is 14.2 Å². The maximum Gasteiger partial charge on any atom is 0.183 e. The van der Waals surface area contributed by atoms with E-state index in [-0.39, 0.29) is 6.29 Å². The zero-order valence-electron chi connectivity index (χ0n) is 13.7. The third kappa shape index (κ3) is 4.64. The fourth-order valence-electron chi connectivity index (χ4n) is 2.13. The topological polar surface area (TPSA) is 44.8 Å². The van der Waals surface area contributed by atoms with Gasteiger partial charge in [-0.15, -0.1) is 0 Å². The van der Waals surface area contributed by atoms with Crippen LogP contribution in [0.25, 0.3) is 0 Å². The van der Waals surface area contributed by atoms with Gasteiger partial charge in [0.05, 0.1) is 17.9 Å². The van der Waals surface area contributed by atoms with Gasteiger partial charge in [0.2, 0.25) is 0 Å². The van der Waals surface area contributed by atoms with Crippen molar-refractivity contribution in [3.05, 3.63) is 54.1 Å². The van der Waals surface area contributed by atoms with Crippen molar-refractivity contribution in [1.29, 1.82) is 0 Å². The first kappa shape index (κ1) is 17.7. The SMILES string of the molecule is CCOC(OCC)c1ccc(S(=O)c2ccc(OC)cc2)cc1. The molecule has 1 unspecified atom stereocenters. The molecule has 2 aromatic rings. The zero-order valence-corrected chi connectivity index (χ0v) is 14.5. The molecule has 0 saturated heterocycles. The van der Waals surface area contributed by atoms with Gasteiger partial charge in [-0.3, -0.25) is 0 Å². The van der Waals surface area contributed by atoms with Gasteiger partial charge in [0.25, 0.3) is 0 Å². The van der Waals surface area contributed by atoms with Crippen molar-refractivity contribution < 1.29 is 18.4 Å². The van der Waals surface area contributed by atoms with E-state index in [0.29, 0.717) is 13.2 Å². The van der Waals surface area contributed by atoms with Crippen molar-refractivity contribution >= 4 is 10.8 Å². The molecule has 0 aliphatic carbocycles. The van der Waals surface area contributed by atoms with Crippen LogP contribution in [0.15, 0.2) is 58.3 Å². The smallest absolute Gasteiger partial charge is 0.183 e. The van der Waals surface area contributed by atoms with Crippen LogP contribution in [0.3, 0.4) is 0 Å². The lowest BCUT2D eigenvalue weighted by molar-refractivity contribution is -0.140. The molecule has 5 heteroatoms. The van der Waals surface area contributed by atoms with E-state index < -0.39 is 10.8 Å². The fourth-order valence-corrected chi connectivity index (χ4v) is 3.17. The Kier molecular flexibility index (Phi) is 6.77. The molecule has 4 nitrogen and oxygen atoms in total. The molecular weight excluding hydrogens is 312 g/mol. The minimum absolute atomic E-state index is 0.381. The largest absolute Gasteiger partial charge is 0.497 e. The Bertz CT molecular complexity index is 616. The number of rotatable bonds is 8. The first-order valence-electron chi connectivity index (χ1n) is 7.58. The van der Waals surface area contributed by atoms with Crippen molar-refractivity contribution in [2.24, 2.45) is 0 Å². The van der Waals surface area contributed by atoms with E-state index in [1.807, 2.05) is 62.4 Å². The van der Waals surface area contributed by atoms with Crippen LogP contribution in [0.2, 0.25) is 0 Å². The number of ether oxygens (including phenoxy) is 3. The summed E-state index contributed by atoms with van der Waals surface area (Å²) in [6.07, 6.45) is -0.381. The standard InChI is InChI=1S/C18H22O4S/c1-4-21-18(22-5-2)14-6-10-16(11-7-14)23(19)17-12-8-15(20-3)9-13-17/h6-13,18H,4-5H2,1-3H3. The van der Waals surface area contributed by atoms with E-state index in [2.05, 4.69) is 0 Å². The van der Waals surface area contributed by atoms with Crippen molar-refractivity contribution in [3.63, 3.8) is 0 Å². The summed E-state index contributed by atoms with van der Waals surface area (Å²) in [7, 11) is 0.386. The zero-order chi connectivity index (χ0) is 16.7. The fraction of sp³-hybridized carbons (Fsp3) is 0.333. The summed E-state index contributed by atoms with van der Waals surface area (Å²) in [5.74, 6) is 0.748. The second-order valence-electron chi connectivity index (χ2n) is 4.76. The van der Waals surface area contributed by atoms with Gasteiger partial charge in [-0.05, 0) is 50.2 Å². The summed E-state index contributed by atoms with van der Waals surface area (Å²) in [6, 6.07) is 14.7. The summed E-state index contributed by atoms with van der Waals surface area (Å²) < 4.78 is 28.8. The average Bonchev–Trinajstić information content (AvgIpc) is 2.61. The maximum atomic E-state index is 12.6. The molecule has 0 bridgehead atoms. The first-order valence-corrected chi connectivity index (χ1v) is 8.73. The Morgan fingerprint density at radius 1 is 0.870 bits per heavy atom.